The number of thiophene rings is 1. The van der Waals surface area contributed by atoms with E-state index >= 15 is 0 Å². The number of hydrogen-bond acceptors (Lipinski definition) is 6. The Morgan fingerprint density at radius 2 is 2.03 bits per heavy atom. The molecule has 198 valence electrons. The molecule has 0 spiro atoms. The second kappa shape index (κ2) is 8.31. The lowest BCUT2D eigenvalue weighted by molar-refractivity contribution is 0.00901. The summed E-state index contributed by atoms with van der Waals surface area (Å²) in [6.45, 7) is 3.37. The Labute approximate surface area is 225 Å². The molecule has 2 aliphatic heterocycles. The molecule has 2 saturated carbocycles. The number of imidazole rings is 1. The monoisotopic (exact) mass is 531 g/mol. The number of rotatable bonds is 6. The molecule has 8 rings (SSSR count). The van der Waals surface area contributed by atoms with E-state index in [1.54, 1.807) is 7.11 Å². The molecule has 2 aliphatic carbocycles. The zero-order valence-electron chi connectivity index (χ0n) is 21.9. The standard InChI is InChI=1S/C29H33N5O3S/c1-32-27-20(7-17(8-23(27)36-2)29(35)34-11-16-5-6-21(34)25(16)30)31-28(32)22-9-24-26(33(22)10-15-3-4-15)19(14-38-24)18-12-37-13-18/h7-9,14-16,18,21,25H,3-6,10-13,30H2,1-2H3/t16-,21-,25-/m1/s1. The minimum absolute atomic E-state index is 0.0324. The van der Waals surface area contributed by atoms with Crippen molar-refractivity contribution in [3.8, 4) is 17.3 Å². The van der Waals surface area contributed by atoms with Gasteiger partial charge in [0.2, 0.25) is 0 Å². The SMILES string of the molecule is COc1cc(C(=O)N2C[C@H]3CC[C@@H]2[C@@H]3N)cc2nc(-c3cc4scc(C5COC5)c4n3CC3CC3)n(C)c12. The summed E-state index contributed by atoms with van der Waals surface area (Å²) in [5, 5.41) is 2.32. The molecule has 9 heteroatoms. The average molecular weight is 532 g/mol. The summed E-state index contributed by atoms with van der Waals surface area (Å²) in [6.07, 6.45) is 4.69. The van der Waals surface area contributed by atoms with Gasteiger partial charge >= 0.3 is 0 Å². The molecule has 2 bridgehead atoms. The predicted octanol–water partition coefficient (Wildman–Crippen LogP) is 4.35. The van der Waals surface area contributed by atoms with Crippen LogP contribution in [0.15, 0.2) is 23.6 Å². The zero-order valence-corrected chi connectivity index (χ0v) is 22.7. The van der Waals surface area contributed by atoms with Crippen molar-refractivity contribution in [1.82, 2.24) is 19.0 Å². The number of ether oxygens (including phenoxy) is 2. The number of aryl methyl sites for hydroxylation is 1. The molecule has 3 atom stereocenters. The lowest BCUT2D eigenvalue weighted by Gasteiger charge is -2.27. The molecule has 0 unspecified atom stereocenters. The lowest BCUT2D eigenvalue weighted by Crippen LogP contribution is -2.41. The third kappa shape index (κ3) is 3.28. The van der Waals surface area contributed by atoms with E-state index in [4.69, 9.17) is 20.2 Å². The summed E-state index contributed by atoms with van der Waals surface area (Å²) >= 11 is 1.82. The third-order valence-corrected chi connectivity index (χ3v) is 10.3. The summed E-state index contributed by atoms with van der Waals surface area (Å²) in [7, 11) is 3.72. The summed E-state index contributed by atoms with van der Waals surface area (Å²) in [6, 6.07) is 6.35. The number of aromatic nitrogens is 3. The van der Waals surface area contributed by atoms with Crippen LogP contribution >= 0.6 is 11.3 Å². The number of carbonyl (C=O) groups excluding carboxylic acids is 1. The highest BCUT2D eigenvalue weighted by atomic mass is 32.1. The van der Waals surface area contributed by atoms with E-state index in [-0.39, 0.29) is 18.0 Å². The second-order valence-electron chi connectivity index (χ2n) is 11.7. The van der Waals surface area contributed by atoms with Crippen LogP contribution in [0.2, 0.25) is 0 Å². The van der Waals surface area contributed by atoms with E-state index in [9.17, 15) is 4.79 Å². The molecule has 8 nitrogen and oxygen atoms in total. The van der Waals surface area contributed by atoms with Gasteiger partial charge in [0.05, 0.1) is 41.8 Å². The van der Waals surface area contributed by atoms with E-state index in [0.29, 0.717) is 23.1 Å². The van der Waals surface area contributed by atoms with E-state index in [1.165, 1.54) is 28.6 Å². The quantitative estimate of drug-likeness (QED) is 0.400. The van der Waals surface area contributed by atoms with Gasteiger partial charge in [0.15, 0.2) is 5.82 Å². The number of piperidine rings is 1. The highest BCUT2D eigenvalue weighted by molar-refractivity contribution is 7.17. The molecule has 2 saturated heterocycles. The maximum absolute atomic E-state index is 13.6. The van der Waals surface area contributed by atoms with Gasteiger partial charge in [-0.3, -0.25) is 4.79 Å². The number of methoxy groups -OCH3 is 1. The normalized spacial score (nSPS) is 25.1. The number of amides is 1. The van der Waals surface area contributed by atoms with Crippen molar-refractivity contribution >= 4 is 38.5 Å². The highest BCUT2D eigenvalue weighted by Crippen LogP contribution is 2.43. The van der Waals surface area contributed by atoms with Crippen molar-refractivity contribution in [2.24, 2.45) is 24.6 Å². The molecule has 3 aromatic heterocycles. The average Bonchev–Trinajstić information content (AvgIpc) is 3.13. The van der Waals surface area contributed by atoms with Crippen LogP contribution in [0.5, 0.6) is 5.75 Å². The van der Waals surface area contributed by atoms with E-state index in [0.717, 1.165) is 67.6 Å². The number of fused-ring (bicyclic) bond motifs is 4. The van der Waals surface area contributed by atoms with Gasteiger partial charge in [0, 0.05) is 43.7 Å². The molecule has 1 amide bonds. The summed E-state index contributed by atoms with van der Waals surface area (Å²) in [5.74, 6) is 3.24. The summed E-state index contributed by atoms with van der Waals surface area (Å²) < 4.78 is 17.3. The van der Waals surface area contributed by atoms with Crippen LogP contribution in [0.25, 0.3) is 32.8 Å². The minimum Gasteiger partial charge on any atom is -0.494 e. The van der Waals surface area contributed by atoms with Gasteiger partial charge in [-0.1, -0.05) is 0 Å². The first kappa shape index (κ1) is 23.0. The fourth-order valence-corrected chi connectivity index (χ4v) is 8.08. The van der Waals surface area contributed by atoms with Crippen LogP contribution in [-0.2, 0) is 18.3 Å². The van der Waals surface area contributed by atoms with Gasteiger partial charge in [-0.05, 0) is 66.7 Å². The van der Waals surface area contributed by atoms with Crippen molar-refractivity contribution in [3.63, 3.8) is 0 Å². The van der Waals surface area contributed by atoms with Crippen molar-refractivity contribution in [2.75, 3.05) is 26.9 Å². The van der Waals surface area contributed by atoms with Crippen molar-refractivity contribution in [1.29, 1.82) is 0 Å². The van der Waals surface area contributed by atoms with Gasteiger partial charge in [0.25, 0.3) is 5.91 Å². The van der Waals surface area contributed by atoms with Crippen LogP contribution in [0, 0.1) is 11.8 Å². The van der Waals surface area contributed by atoms with Gasteiger partial charge in [0.1, 0.15) is 11.3 Å². The Bertz CT molecular complexity index is 1590. The van der Waals surface area contributed by atoms with Gasteiger partial charge in [-0.15, -0.1) is 11.3 Å². The second-order valence-corrected chi connectivity index (χ2v) is 12.6. The molecule has 4 fully saturated rings. The fourth-order valence-electron chi connectivity index (χ4n) is 7.00. The molecular formula is C29H33N5O3S. The summed E-state index contributed by atoms with van der Waals surface area (Å²) in [5.41, 5.74) is 12.6. The van der Waals surface area contributed by atoms with Crippen LogP contribution < -0.4 is 10.5 Å². The van der Waals surface area contributed by atoms with E-state index in [2.05, 4.69) is 27.6 Å². The molecule has 4 aliphatic rings. The van der Waals surface area contributed by atoms with Crippen LogP contribution in [0.3, 0.4) is 0 Å². The number of carbonyl (C=O) groups is 1. The van der Waals surface area contributed by atoms with Gasteiger partial charge < -0.3 is 29.2 Å². The van der Waals surface area contributed by atoms with Crippen LogP contribution in [-0.4, -0.2) is 63.9 Å². The van der Waals surface area contributed by atoms with Crippen molar-refractivity contribution < 1.29 is 14.3 Å². The van der Waals surface area contributed by atoms with E-state index < -0.39 is 0 Å². The Morgan fingerprint density at radius 1 is 1.18 bits per heavy atom. The summed E-state index contributed by atoms with van der Waals surface area (Å²) in [4.78, 5) is 20.7. The molecule has 5 heterocycles. The Morgan fingerprint density at radius 3 is 2.68 bits per heavy atom. The first-order valence-corrected chi connectivity index (χ1v) is 14.7. The van der Waals surface area contributed by atoms with Gasteiger partial charge in [-0.25, -0.2) is 4.98 Å². The van der Waals surface area contributed by atoms with Crippen LogP contribution in [0.1, 0.15) is 47.5 Å². The Balaban J connectivity index is 1.24. The van der Waals surface area contributed by atoms with Gasteiger partial charge in [-0.2, -0.15) is 0 Å². The highest BCUT2D eigenvalue weighted by Gasteiger charge is 2.47. The molecule has 4 aromatic rings. The first-order chi connectivity index (χ1) is 18.5. The van der Waals surface area contributed by atoms with Crippen LogP contribution in [0.4, 0.5) is 0 Å². The van der Waals surface area contributed by atoms with Crippen molar-refractivity contribution in [2.45, 2.75) is 50.2 Å². The third-order valence-electron chi connectivity index (χ3n) is 9.41. The Hall–Kier alpha value is -2.88. The molecule has 38 heavy (non-hydrogen) atoms. The maximum Gasteiger partial charge on any atom is 0.254 e. The Kier molecular flexibility index (Phi) is 5.04. The zero-order chi connectivity index (χ0) is 25.7. The smallest absolute Gasteiger partial charge is 0.254 e. The fraction of sp³-hybridized carbons (Fsp3) is 0.517. The molecule has 0 radical (unpaired) electrons. The van der Waals surface area contributed by atoms with Crippen molar-refractivity contribution in [3.05, 3.63) is 34.7 Å². The number of likely N-dealkylation sites (tertiary alicyclic amines) is 1. The largest absolute Gasteiger partial charge is 0.494 e. The maximum atomic E-state index is 13.6. The topological polar surface area (TPSA) is 87.5 Å². The number of nitrogens with two attached hydrogens (primary N) is 1. The number of nitrogens with zero attached hydrogens (tertiary/aromatic N) is 4. The lowest BCUT2D eigenvalue weighted by atomic mass is 10.00. The molecular weight excluding hydrogens is 498 g/mol. The first-order valence-electron chi connectivity index (χ1n) is 13.8. The number of benzene rings is 1. The molecule has 1 aromatic carbocycles. The number of hydrogen-bond donors (Lipinski definition) is 1. The minimum atomic E-state index is 0.0324. The predicted molar refractivity (Wildman–Crippen MR) is 148 cm³/mol. The molecule has 2 N–H and O–H groups in total. The van der Waals surface area contributed by atoms with E-state index in [1.807, 2.05) is 28.4 Å².